The molecular weight excluding hydrogens is 291 g/mol. The van der Waals surface area contributed by atoms with E-state index in [1.807, 2.05) is 0 Å². The Hall–Kier alpha value is -2.08. The summed E-state index contributed by atoms with van der Waals surface area (Å²) in [6, 6.07) is 4.30. The maximum atomic E-state index is 12.7. The Balaban J connectivity index is 2.14. The summed E-state index contributed by atoms with van der Waals surface area (Å²) in [7, 11) is 0. The van der Waals surface area contributed by atoms with Crippen LogP contribution in [0, 0.1) is 0 Å². The van der Waals surface area contributed by atoms with Gasteiger partial charge in [-0.2, -0.15) is 13.2 Å². The molecule has 0 aromatic carbocycles. The number of hydrogen-bond donors (Lipinski definition) is 1. The molecule has 1 N–H and O–H groups in total. The van der Waals surface area contributed by atoms with Crippen LogP contribution < -0.4 is 0 Å². The molecule has 3 heterocycles. The summed E-state index contributed by atoms with van der Waals surface area (Å²) in [6.07, 6.45) is -0.758. The maximum absolute atomic E-state index is 12.7. The van der Waals surface area contributed by atoms with Gasteiger partial charge in [-0.15, -0.1) is 0 Å². The van der Waals surface area contributed by atoms with Gasteiger partial charge < -0.3 is 4.98 Å². The molecule has 0 atom stereocenters. The number of hydrogen-bond acceptors (Lipinski definition) is 2. The van der Waals surface area contributed by atoms with Gasteiger partial charge in [-0.3, -0.25) is 4.98 Å². The molecular formula is C13H7ClF3N3. The molecule has 102 valence electrons. The Kier molecular flexibility index (Phi) is 2.90. The third kappa shape index (κ3) is 2.22. The highest BCUT2D eigenvalue weighted by Crippen LogP contribution is 2.32. The monoisotopic (exact) mass is 297 g/mol. The Labute approximate surface area is 116 Å². The zero-order chi connectivity index (χ0) is 14.3. The molecule has 0 aliphatic rings. The van der Waals surface area contributed by atoms with Crippen molar-refractivity contribution < 1.29 is 13.2 Å². The largest absolute Gasteiger partial charge is 0.417 e. The van der Waals surface area contributed by atoms with E-state index in [0.717, 1.165) is 12.3 Å². The molecule has 3 nitrogen and oxygen atoms in total. The van der Waals surface area contributed by atoms with Gasteiger partial charge in [0, 0.05) is 35.2 Å². The lowest BCUT2D eigenvalue weighted by molar-refractivity contribution is -0.137. The normalized spacial score (nSPS) is 12.0. The number of halogens is 4. The molecule has 0 unspecified atom stereocenters. The van der Waals surface area contributed by atoms with Crippen LogP contribution >= 0.6 is 11.6 Å². The fourth-order valence-corrected chi connectivity index (χ4v) is 2.09. The van der Waals surface area contributed by atoms with Crippen molar-refractivity contribution in [1.29, 1.82) is 0 Å². The molecule has 0 amide bonds. The zero-order valence-corrected chi connectivity index (χ0v) is 10.6. The number of aromatic amines is 1. The summed E-state index contributed by atoms with van der Waals surface area (Å²) >= 11 is 6.01. The maximum Gasteiger partial charge on any atom is 0.417 e. The van der Waals surface area contributed by atoms with E-state index in [1.165, 1.54) is 12.4 Å². The fraction of sp³-hybridized carbons (Fsp3) is 0.0769. The van der Waals surface area contributed by atoms with Crippen molar-refractivity contribution in [2.24, 2.45) is 0 Å². The number of nitrogens with zero attached hydrogens (tertiary/aromatic N) is 2. The van der Waals surface area contributed by atoms with Crippen LogP contribution in [-0.2, 0) is 6.18 Å². The molecule has 3 rings (SSSR count). The number of pyridine rings is 2. The Morgan fingerprint density at radius 1 is 1.15 bits per heavy atom. The third-order valence-electron chi connectivity index (χ3n) is 2.86. The molecule has 0 saturated carbocycles. The highest BCUT2D eigenvalue weighted by Gasteiger charge is 2.31. The van der Waals surface area contributed by atoms with Crippen LogP contribution in [0.5, 0.6) is 0 Å². The van der Waals surface area contributed by atoms with Crippen molar-refractivity contribution in [3.63, 3.8) is 0 Å². The van der Waals surface area contributed by atoms with Crippen molar-refractivity contribution in [3.8, 4) is 11.3 Å². The van der Waals surface area contributed by atoms with Gasteiger partial charge in [0.05, 0.1) is 10.6 Å². The first kappa shape index (κ1) is 12.9. The molecule has 0 radical (unpaired) electrons. The zero-order valence-electron chi connectivity index (χ0n) is 9.87. The van der Waals surface area contributed by atoms with Crippen molar-refractivity contribution >= 4 is 22.6 Å². The molecule has 0 saturated heterocycles. The average Bonchev–Trinajstić information content (AvgIpc) is 2.83. The minimum Gasteiger partial charge on any atom is -0.339 e. The lowest BCUT2D eigenvalue weighted by Crippen LogP contribution is -2.05. The molecule has 20 heavy (non-hydrogen) atoms. The number of aromatic nitrogens is 3. The molecule has 3 aromatic rings. The van der Waals surface area contributed by atoms with E-state index in [9.17, 15) is 13.2 Å². The summed E-state index contributed by atoms with van der Waals surface area (Å²) in [5.74, 6) is 0. The summed E-state index contributed by atoms with van der Waals surface area (Å²) in [6.45, 7) is 0. The molecule has 0 aliphatic heterocycles. The lowest BCUT2D eigenvalue weighted by atomic mass is 10.1. The first-order valence-corrected chi connectivity index (χ1v) is 5.99. The number of nitrogens with one attached hydrogen (secondary N) is 1. The van der Waals surface area contributed by atoms with Gasteiger partial charge >= 0.3 is 6.18 Å². The van der Waals surface area contributed by atoms with Crippen LogP contribution in [0.4, 0.5) is 13.2 Å². The van der Waals surface area contributed by atoms with Gasteiger partial charge in [-0.25, -0.2) is 4.98 Å². The van der Waals surface area contributed by atoms with Crippen LogP contribution in [0.1, 0.15) is 5.56 Å². The Morgan fingerprint density at radius 3 is 2.65 bits per heavy atom. The number of rotatable bonds is 1. The molecule has 7 heteroatoms. The topological polar surface area (TPSA) is 41.6 Å². The number of H-pyrrole nitrogens is 1. The predicted octanol–water partition coefficient (Wildman–Crippen LogP) is 4.30. The highest BCUT2D eigenvalue weighted by molar-refractivity contribution is 6.35. The number of fused-ring (bicyclic) bond motifs is 1. The minimum atomic E-state index is -4.43. The molecule has 0 spiro atoms. The van der Waals surface area contributed by atoms with Crippen LogP contribution in [0.15, 0.2) is 36.8 Å². The van der Waals surface area contributed by atoms with Gasteiger partial charge in [-0.05, 0) is 18.2 Å². The van der Waals surface area contributed by atoms with E-state index in [4.69, 9.17) is 11.6 Å². The van der Waals surface area contributed by atoms with Crippen LogP contribution in [0.3, 0.4) is 0 Å². The molecule has 0 fully saturated rings. The second-order valence-electron chi connectivity index (χ2n) is 4.20. The van der Waals surface area contributed by atoms with E-state index in [1.54, 1.807) is 12.1 Å². The van der Waals surface area contributed by atoms with E-state index < -0.39 is 11.7 Å². The van der Waals surface area contributed by atoms with Crippen molar-refractivity contribution in [2.75, 3.05) is 0 Å². The number of alkyl halides is 3. The van der Waals surface area contributed by atoms with Crippen molar-refractivity contribution in [1.82, 2.24) is 15.0 Å². The Morgan fingerprint density at radius 2 is 1.95 bits per heavy atom. The summed E-state index contributed by atoms with van der Waals surface area (Å²) < 4.78 is 38.0. The predicted molar refractivity (Wildman–Crippen MR) is 69.3 cm³/mol. The lowest BCUT2D eigenvalue weighted by Gasteiger charge is -2.06. The first-order valence-electron chi connectivity index (χ1n) is 5.61. The molecule has 0 bridgehead atoms. The van der Waals surface area contributed by atoms with Crippen LogP contribution in [0.25, 0.3) is 22.3 Å². The standard InChI is InChI=1S/C13H7ClF3N3/c14-10-1-2-19-12-9(10)4-11(20-12)7-3-8(6-18-5-7)13(15,16)17/h1-6H,(H,19,20). The third-order valence-corrected chi connectivity index (χ3v) is 3.18. The van der Waals surface area contributed by atoms with Crippen molar-refractivity contribution in [2.45, 2.75) is 6.18 Å². The second-order valence-corrected chi connectivity index (χ2v) is 4.61. The van der Waals surface area contributed by atoms with Gasteiger partial charge in [-0.1, -0.05) is 11.6 Å². The van der Waals surface area contributed by atoms with Gasteiger partial charge in [0.15, 0.2) is 0 Å². The van der Waals surface area contributed by atoms with E-state index in [2.05, 4.69) is 15.0 Å². The second kappa shape index (κ2) is 4.49. The smallest absolute Gasteiger partial charge is 0.339 e. The average molecular weight is 298 g/mol. The quantitative estimate of drug-likeness (QED) is 0.727. The Bertz CT molecular complexity index is 780. The van der Waals surface area contributed by atoms with Crippen molar-refractivity contribution in [3.05, 3.63) is 47.4 Å². The van der Waals surface area contributed by atoms with Gasteiger partial charge in [0.2, 0.25) is 0 Å². The van der Waals surface area contributed by atoms with E-state index >= 15 is 0 Å². The summed E-state index contributed by atoms with van der Waals surface area (Å²) in [5, 5.41) is 1.14. The van der Waals surface area contributed by atoms with Gasteiger partial charge in [0.1, 0.15) is 5.65 Å². The summed E-state index contributed by atoms with van der Waals surface area (Å²) in [4.78, 5) is 10.6. The van der Waals surface area contributed by atoms with Gasteiger partial charge in [0.25, 0.3) is 0 Å². The van der Waals surface area contributed by atoms with Crippen LogP contribution in [-0.4, -0.2) is 15.0 Å². The van der Waals surface area contributed by atoms with Crippen LogP contribution in [0.2, 0.25) is 5.02 Å². The highest BCUT2D eigenvalue weighted by atomic mass is 35.5. The minimum absolute atomic E-state index is 0.328. The summed E-state index contributed by atoms with van der Waals surface area (Å²) in [5.41, 5.74) is 0.533. The first-order chi connectivity index (χ1) is 9.45. The molecule has 0 aliphatic carbocycles. The fourth-order valence-electron chi connectivity index (χ4n) is 1.89. The SMILES string of the molecule is FC(F)(F)c1cncc(-c2cc3c(Cl)ccnc3[nH]2)c1. The van der Waals surface area contributed by atoms with E-state index in [-0.39, 0.29) is 0 Å². The van der Waals surface area contributed by atoms with E-state index in [0.29, 0.717) is 27.3 Å². The molecule has 3 aromatic heterocycles.